The third-order valence-corrected chi connectivity index (χ3v) is 7.08. The molecule has 0 aliphatic carbocycles. The summed E-state index contributed by atoms with van der Waals surface area (Å²) in [6.45, 7) is 2.17. The molecule has 0 amide bonds. The van der Waals surface area contributed by atoms with E-state index in [1.807, 2.05) is 18.5 Å². The Balaban J connectivity index is 1.45. The van der Waals surface area contributed by atoms with Crippen molar-refractivity contribution in [2.24, 2.45) is 0 Å². The fraction of sp³-hybridized carbons (Fsp3) is 0.250. The van der Waals surface area contributed by atoms with Gasteiger partial charge in [0.15, 0.2) is 10.5 Å². The third-order valence-electron chi connectivity index (χ3n) is 5.95. The van der Waals surface area contributed by atoms with E-state index in [1.165, 1.54) is 24.7 Å². The average molecular weight is 434 g/mol. The molecule has 1 saturated heterocycles. The first-order chi connectivity index (χ1) is 15.0. The van der Waals surface area contributed by atoms with Crippen LogP contribution in [0, 0.1) is 0 Å². The van der Waals surface area contributed by atoms with Crippen LogP contribution >= 0.6 is 0 Å². The summed E-state index contributed by atoms with van der Waals surface area (Å²) in [7, 11) is -3.03. The van der Waals surface area contributed by atoms with E-state index < -0.39 is 10.2 Å². The second-order valence-corrected chi connectivity index (χ2v) is 10.2. The highest BCUT2D eigenvalue weighted by Crippen LogP contribution is 2.29. The zero-order valence-corrected chi connectivity index (χ0v) is 18.2. The van der Waals surface area contributed by atoms with E-state index in [2.05, 4.69) is 39.7 Å². The molecule has 2 unspecified atom stereocenters. The number of fused-ring (bicyclic) bond motifs is 1. The monoisotopic (exact) mass is 433 g/mol. The van der Waals surface area contributed by atoms with Crippen molar-refractivity contribution in [3.05, 3.63) is 72.7 Å². The number of piperidine rings is 1. The van der Waals surface area contributed by atoms with Gasteiger partial charge in [0.1, 0.15) is 6.26 Å². The quantitative estimate of drug-likeness (QED) is 0.464. The van der Waals surface area contributed by atoms with Crippen molar-refractivity contribution in [3.63, 3.8) is 0 Å². The molecule has 0 spiro atoms. The summed E-state index contributed by atoms with van der Waals surface area (Å²) in [6.07, 6.45) is 9.37. The predicted octanol–water partition coefficient (Wildman–Crippen LogP) is 4.49. The molecule has 1 fully saturated rings. The Morgan fingerprint density at radius 1 is 1.10 bits per heavy atom. The molecule has 31 heavy (non-hydrogen) atoms. The molecule has 0 radical (unpaired) electrons. The topological polar surface area (TPSA) is 79.5 Å². The van der Waals surface area contributed by atoms with Gasteiger partial charge in [0.2, 0.25) is 10.2 Å². The number of nitrogens with one attached hydrogen (secondary N) is 1. The summed E-state index contributed by atoms with van der Waals surface area (Å²) in [5.74, 6) is 0.588. The van der Waals surface area contributed by atoms with Crippen molar-refractivity contribution in [2.45, 2.75) is 23.7 Å². The van der Waals surface area contributed by atoms with E-state index in [-0.39, 0.29) is 0 Å². The Kier molecular flexibility index (Phi) is 5.17. The van der Waals surface area contributed by atoms with Crippen LogP contribution in [-0.2, 0) is 14.4 Å². The normalized spacial score (nSPS) is 18.7. The molecule has 2 aromatic heterocycles. The SMILES string of the molecule is C[S+](=O)(O)c1cccc(-c2cnn3cc(-c4ccc(C5CCCNC5)cc4)cnc23)c1. The van der Waals surface area contributed by atoms with Crippen molar-refractivity contribution in [2.75, 3.05) is 19.3 Å². The maximum absolute atomic E-state index is 12.0. The smallest absolute Gasteiger partial charge is 0.244 e. The lowest BCUT2D eigenvalue weighted by Crippen LogP contribution is -2.28. The number of benzene rings is 2. The molecular weight excluding hydrogens is 408 g/mol. The maximum Gasteiger partial charge on any atom is 0.244 e. The van der Waals surface area contributed by atoms with E-state index >= 15 is 0 Å². The predicted molar refractivity (Wildman–Crippen MR) is 124 cm³/mol. The summed E-state index contributed by atoms with van der Waals surface area (Å²) >= 11 is 0. The Morgan fingerprint density at radius 3 is 2.68 bits per heavy atom. The van der Waals surface area contributed by atoms with E-state index in [0.29, 0.717) is 16.5 Å². The van der Waals surface area contributed by atoms with Crippen molar-refractivity contribution >= 4 is 15.9 Å². The van der Waals surface area contributed by atoms with Crippen LogP contribution in [0.2, 0.25) is 0 Å². The average Bonchev–Trinajstić information content (AvgIpc) is 3.23. The number of hydrogen-bond donors (Lipinski definition) is 2. The first kappa shape index (κ1) is 20.1. The highest BCUT2D eigenvalue weighted by atomic mass is 32.3. The fourth-order valence-electron chi connectivity index (χ4n) is 4.21. The van der Waals surface area contributed by atoms with Crippen LogP contribution in [0.4, 0.5) is 0 Å². The minimum atomic E-state index is -3.03. The Bertz CT molecular complexity index is 1270. The molecule has 1 aliphatic rings. The molecule has 3 heterocycles. The van der Waals surface area contributed by atoms with Crippen LogP contribution < -0.4 is 5.32 Å². The van der Waals surface area contributed by atoms with Gasteiger partial charge in [-0.3, -0.25) is 0 Å². The molecule has 4 aromatic rings. The van der Waals surface area contributed by atoms with Gasteiger partial charge in [-0.15, -0.1) is 0 Å². The lowest BCUT2D eigenvalue weighted by atomic mass is 9.91. The lowest BCUT2D eigenvalue weighted by Gasteiger charge is -2.23. The summed E-state index contributed by atoms with van der Waals surface area (Å²) < 4.78 is 23.7. The third kappa shape index (κ3) is 4.04. The van der Waals surface area contributed by atoms with Crippen LogP contribution in [0.15, 0.2) is 72.0 Å². The van der Waals surface area contributed by atoms with Crippen molar-refractivity contribution in [1.82, 2.24) is 19.9 Å². The van der Waals surface area contributed by atoms with E-state index in [0.717, 1.165) is 35.3 Å². The van der Waals surface area contributed by atoms with Crippen LogP contribution in [0.5, 0.6) is 0 Å². The molecule has 2 atom stereocenters. The highest BCUT2D eigenvalue weighted by Gasteiger charge is 2.22. The Labute approximate surface area is 182 Å². The zero-order chi connectivity index (χ0) is 21.4. The summed E-state index contributed by atoms with van der Waals surface area (Å²) in [4.78, 5) is 5.05. The van der Waals surface area contributed by atoms with E-state index in [4.69, 9.17) is 0 Å². The molecule has 2 aromatic carbocycles. The number of nitrogens with zero attached hydrogens (tertiary/aromatic N) is 3. The number of aromatic nitrogens is 3. The summed E-state index contributed by atoms with van der Waals surface area (Å²) in [6, 6.07) is 15.8. The Morgan fingerprint density at radius 2 is 1.94 bits per heavy atom. The van der Waals surface area contributed by atoms with Crippen molar-refractivity contribution in [1.29, 1.82) is 0 Å². The van der Waals surface area contributed by atoms with Gasteiger partial charge in [-0.2, -0.15) is 9.65 Å². The molecule has 158 valence electrons. The maximum atomic E-state index is 12.0. The van der Waals surface area contributed by atoms with Gasteiger partial charge >= 0.3 is 0 Å². The Hall–Kier alpha value is -2.87. The molecule has 0 saturated carbocycles. The van der Waals surface area contributed by atoms with Crippen LogP contribution in [-0.4, -0.2) is 38.5 Å². The summed E-state index contributed by atoms with van der Waals surface area (Å²) in [5.41, 5.74) is 5.84. The van der Waals surface area contributed by atoms with Gasteiger partial charge in [0.05, 0.1) is 6.20 Å². The molecule has 0 bridgehead atoms. The van der Waals surface area contributed by atoms with Gasteiger partial charge in [0, 0.05) is 36.1 Å². The molecule has 5 rings (SSSR count). The molecular formula is C24H25N4O2S+. The lowest BCUT2D eigenvalue weighted by molar-refractivity contribution is 0.461. The fourth-order valence-corrected chi connectivity index (χ4v) is 4.89. The summed E-state index contributed by atoms with van der Waals surface area (Å²) in [5, 5.41) is 7.95. The van der Waals surface area contributed by atoms with Crippen LogP contribution in [0.3, 0.4) is 0 Å². The number of rotatable bonds is 4. The van der Waals surface area contributed by atoms with Crippen molar-refractivity contribution < 1.29 is 8.76 Å². The van der Waals surface area contributed by atoms with E-state index in [9.17, 15) is 8.76 Å². The molecule has 2 N–H and O–H groups in total. The van der Waals surface area contributed by atoms with Gasteiger partial charge in [-0.05, 0) is 48.1 Å². The highest BCUT2D eigenvalue weighted by molar-refractivity contribution is 7.97. The molecule has 6 nitrogen and oxygen atoms in total. The minimum absolute atomic E-state index is 0.397. The standard InChI is InChI=1S/C24H24N4O2S/c1-31(29,30)22-6-2-4-19(12-22)23-15-27-28-16-21(14-26-24(23)28)18-9-7-17(8-10-18)20-5-3-11-25-13-20/h2,4,6-10,12,14-16,20,25H,3,5,11,13H2,1H3/p+1. The molecule has 1 aliphatic heterocycles. The van der Waals surface area contributed by atoms with Gasteiger partial charge in [-0.25, -0.2) is 9.50 Å². The van der Waals surface area contributed by atoms with Crippen molar-refractivity contribution in [3.8, 4) is 22.3 Å². The van der Waals surface area contributed by atoms with Crippen LogP contribution in [0.25, 0.3) is 27.9 Å². The van der Waals surface area contributed by atoms with Gasteiger partial charge in [0.25, 0.3) is 0 Å². The van der Waals surface area contributed by atoms with Gasteiger partial charge < -0.3 is 5.32 Å². The first-order valence-corrected chi connectivity index (χ1v) is 12.4. The minimum Gasteiger partial charge on any atom is -0.316 e. The first-order valence-electron chi connectivity index (χ1n) is 10.5. The zero-order valence-electron chi connectivity index (χ0n) is 17.4. The van der Waals surface area contributed by atoms with Crippen LogP contribution in [0.1, 0.15) is 24.3 Å². The second-order valence-electron chi connectivity index (χ2n) is 8.16. The van der Waals surface area contributed by atoms with E-state index in [1.54, 1.807) is 28.9 Å². The molecule has 7 heteroatoms. The number of hydrogen-bond acceptors (Lipinski definition) is 4. The second kappa shape index (κ2) is 8.00. The largest absolute Gasteiger partial charge is 0.316 e. The van der Waals surface area contributed by atoms with Gasteiger partial charge in [-0.1, -0.05) is 40.6 Å².